The number of benzene rings is 1. The van der Waals surface area contributed by atoms with Crippen LogP contribution >= 0.6 is 39.1 Å². The summed E-state index contributed by atoms with van der Waals surface area (Å²) in [6.07, 6.45) is 1.79. The lowest BCUT2D eigenvalue weighted by atomic mass is 10.3. The molecule has 0 saturated carbocycles. The fourth-order valence-electron chi connectivity index (χ4n) is 1.34. The van der Waals surface area contributed by atoms with Crippen molar-refractivity contribution in [2.45, 2.75) is 19.8 Å². The van der Waals surface area contributed by atoms with Crippen molar-refractivity contribution in [1.29, 1.82) is 0 Å². The van der Waals surface area contributed by atoms with Gasteiger partial charge < -0.3 is 4.42 Å². The minimum atomic E-state index is 0.413. The Bertz CT molecular complexity index is 510. The van der Waals surface area contributed by atoms with E-state index in [1.165, 1.54) is 0 Å². The van der Waals surface area contributed by atoms with Gasteiger partial charge >= 0.3 is 0 Å². The zero-order chi connectivity index (χ0) is 11.0. The highest BCUT2D eigenvalue weighted by Crippen LogP contribution is 2.37. The molecule has 0 atom stereocenters. The van der Waals surface area contributed by atoms with Crippen LogP contribution in [-0.4, -0.2) is 4.98 Å². The number of aryl methyl sites for hydroxylation is 1. The van der Waals surface area contributed by atoms with Crippen molar-refractivity contribution < 1.29 is 4.42 Å². The molecule has 1 aromatic carbocycles. The van der Waals surface area contributed by atoms with Gasteiger partial charge in [0.05, 0.1) is 5.02 Å². The molecule has 0 radical (unpaired) electrons. The predicted molar refractivity (Wildman–Crippen MR) is 65.7 cm³/mol. The Balaban J connectivity index is 2.65. The van der Waals surface area contributed by atoms with E-state index in [-0.39, 0.29) is 0 Å². The normalized spacial score (nSPS) is 11.2. The zero-order valence-electron chi connectivity index (χ0n) is 7.98. The van der Waals surface area contributed by atoms with Gasteiger partial charge in [-0.15, -0.1) is 0 Å². The Morgan fingerprint density at radius 1 is 1.40 bits per heavy atom. The maximum atomic E-state index is 6.05. The molecule has 0 unspecified atom stereocenters. The van der Waals surface area contributed by atoms with Crippen LogP contribution in [0.4, 0.5) is 0 Å². The quantitative estimate of drug-likeness (QED) is 0.741. The van der Waals surface area contributed by atoms with E-state index in [0.29, 0.717) is 21.5 Å². The zero-order valence-corrected chi connectivity index (χ0v) is 11.1. The molecule has 80 valence electrons. The van der Waals surface area contributed by atoms with Gasteiger partial charge in [-0.25, -0.2) is 4.98 Å². The summed E-state index contributed by atoms with van der Waals surface area (Å²) in [5.74, 6) is 0.698. The number of rotatable bonds is 2. The van der Waals surface area contributed by atoms with Gasteiger partial charge in [-0.2, -0.15) is 0 Å². The summed E-state index contributed by atoms with van der Waals surface area (Å²) in [6.45, 7) is 2.07. The van der Waals surface area contributed by atoms with E-state index >= 15 is 0 Å². The van der Waals surface area contributed by atoms with Crippen LogP contribution in [0, 0.1) is 0 Å². The van der Waals surface area contributed by atoms with Crippen molar-refractivity contribution in [3.8, 4) is 0 Å². The number of fused-ring (bicyclic) bond motifs is 1. The van der Waals surface area contributed by atoms with Crippen LogP contribution in [0.15, 0.2) is 15.0 Å². The Kier molecular flexibility index (Phi) is 3.24. The molecule has 0 bridgehead atoms. The average molecular weight is 309 g/mol. The van der Waals surface area contributed by atoms with Crippen molar-refractivity contribution in [3.63, 3.8) is 0 Å². The van der Waals surface area contributed by atoms with Crippen molar-refractivity contribution in [2.75, 3.05) is 0 Å². The number of nitrogens with zero attached hydrogens (tertiary/aromatic N) is 1. The third kappa shape index (κ3) is 2.01. The highest BCUT2D eigenvalue weighted by Gasteiger charge is 2.14. The van der Waals surface area contributed by atoms with Gasteiger partial charge in [-0.05, 0) is 28.4 Å². The summed E-state index contributed by atoms with van der Waals surface area (Å²) >= 11 is 15.3. The van der Waals surface area contributed by atoms with Crippen LogP contribution in [0.5, 0.6) is 0 Å². The number of hydrogen-bond acceptors (Lipinski definition) is 2. The molecule has 2 rings (SSSR count). The van der Waals surface area contributed by atoms with Gasteiger partial charge in [0, 0.05) is 10.9 Å². The van der Waals surface area contributed by atoms with Crippen LogP contribution in [0.2, 0.25) is 10.0 Å². The molecule has 2 nitrogen and oxygen atoms in total. The number of hydrogen-bond donors (Lipinski definition) is 0. The lowest BCUT2D eigenvalue weighted by Gasteiger charge is -1.97. The van der Waals surface area contributed by atoms with Gasteiger partial charge in [-0.3, -0.25) is 0 Å². The minimum Gasteiger partial charge on any atom is -0.439 e. The maximum Gasteiger partial charge on any atom is 0.195 e. The van der Waals surface area contributed by atoms with E-state index in [0.717, 1.165) is 22.8 Å². The Morgan fingerprint density at radius 2 is 2.13 bits per heavy atom. The highest BCUT2D eigenvalue weighted by atomic mass is 79.9. The molecule has 0 fully saturated rings. The van der Waals surface area contributed by atoms with Crippen molar-refractivity contribution in [2.24, 2.45) is 0 Å². The topological polar surface area (TPSA) is 26.0 Å². The molecule has 0 spiro atoms. The average Bonchev–Trinajstić information content (AvgIpc) is 2.58. The summed E-state index contributed by atoms with van der Waals surface area (Å²) in [6, 6.07) is 1.81. The largest absolute Gasteiger partial charge is 0.439 e. The highest BCUT2D eigenvalue weighted by molar-refractivity contribution is 9.10. The predicted octanol–water partition coefficient (Wildman–Crippen LogP) is 4.85. The van der Waals surface area contributed by atoms with E-state index < -0.39 is 0 Å². The van der Waals surface area contributed by atoms with Crippen molar-refractivity contribution in [3.05, 3.63) is 26.5 Å². The first-order chi connectivity index (χ1) is 7.13. The maximum absolute atomic E-state index is 6.05. The first kappa shape index (κ1) is 11.2. The minimum absolute atomic E-state index is 0.413. The molecule has 15 heavy (non-hydrogen) atoms. The van der Waals surface area contributed by atoms with Gasteiger partial charge in [0.2, 0.25) is 0 Å². The molecule has 0 aliphatic carbocycles. The number of halogens is 3. The molecule has 0 aliphatic heterocycles. The smallest absolute Gasteiger partial charge is 0.195 e. The third-order valence-electron chi connectivity index (χ3n) is 2.03. The SMILES string of the molecule is CCCc1nc2cc(Br)c(Cl)c(Cl)c2o1. The fraction of sp³-hybridized carbons (Fsp3) is 0.300. The Labute approximate surface area is 106 Å². The molecular weight excluding hydrogens is 301 g/mol. The monoisotopic (exact) mass is 307 g/mol. The van der Waals surface area contributed by atoms with Gasteiger partial charge in [0.15, 0.2) is 11.5 Å². The first-order valence-corrected chi connectivity index (χ1v) is 6.11. The molecule has 0 aliphatic rings. The van der Waals surface area contributed by atoms with E-state index in [4.69, 9.17) is 27.6 Å². The van der Waals surface area contributed by atoms with Crippen LogP contribution in [-0.2, 0) is 6.42 Å². The van der Waals surface area contributed by atoms with E-state index in [1.807, 2.05) is 6.07 Å². The summed E-state index contributed by atoms with van der Waals surface area (Å²) in [4.78, 5) is 4.33. The molecule has 2 aromatic rings. The Morgan fingerprint density at radius 3 is 2.80 bits per heavy atom. The van der Waals surface area contributed by atoms with E-state index in [1.54, 1.807) is 0 Å². The van der Waals surface area contributed by atoms with Crippen LogP contribution in [0.3, 0.4) is 0 Å². The van der Waals surface area contributed by atoms with Gasteiger partial charge in [0.1, 0.15) is 10.5 Å². The van der Waals surface area contributed by atoms with Crippen LogP contribution in [0.1, 0.15) is 19.2 Å². The second kappa shape index (κ2) is 4.32. The fourth-order valence-corrected chi connectivity index (χ4v) is 2.25. The van der Waals surface area contributed by atoms with Crippen LogP contribution < -0.4 is 0 Å². The standard InChI is InChI=1S/C10H8BrCl2NO/c1-2-3-7-14-6-4-5(11)8(12)9(13)10(6)15-7/h4H,2-3H2,1H3. The lowest BCUT2D eigenvalue weighted by Crippen LogP contribution is -1.80. The molecule has 1 heterocycles. The third-order valence-corrected chi connectivity index (χ3v) is 3.73. The molecule has 1 aromatic heterocycles. The summed E-state index contributed by atoms with van der Waals surface area (Å²) in [5.41, 5.74) is 1.30. The second-order valence-corrected chi connectivity index (χ2v) is 4.80. The number of aromatic nitrogens is 1. The summed E-state index contributed by atoms with van der Waals surface area (Å²) in [7, 11) is 0. The van der Waals surface area contributed by atoms with E-state index in [9.17, 15) is 0 Å². The number of oxazole rings is 1. The van der Waals surface area contributed by atoms with Gasteiger partial charge in [-0.1, -0.05) is 30.1 Å². The molecular formula is C10H8BrCl2NO. The second-order valence-electron chi connectivity index (χ2n) is 3.19. The van der Waals surface area contributed by atoms with Crippen molar-refractivity contribution >= 4 is 50.2 Å². The lowest BCUT2D eigenvalue weighted by molar-refractivity contribution is 0.525. The Hall–Kier alpha value is -0.250. The van der Waals surface area contributed by atoms with Gasteiger partial charge in [0.25, 0.3) is 0 Å². The molecule has 5 heteroatoms. The molecule has 0 saturated heterocycles. The first-order valence-electron chi connectivity index (χ1n) is 4.56. The van der Waals surface area contributed by atoms with Crippen LogP contribution in [0.25, 0.3) is 11.1 Å². The van der Waals surface area contributed by atoms with E-state index in [2.05, 4.69) is 27.8 Å². The summed E-state index contributed by atoms with van der Waals surface area (Å²) in [5, 5.41) is 0.874. The van der Waals surface area contributed by atoms with Crippen molar-refractivity contribution in [1.82, 2.24) is 4.98 Å². The molecule has 0 amide bonds. The molecule has 0 N–H and O–H groups in total. The summed E-state index contributed by atoms with van der Waals surface area (Å²) < 4.78 is 6.26.